The highest BCUT2D eigenvalue weighted by molar-refractivity contribution is 6.03. The van der Waals surface area contributed by atoms with Crippen molar-refractivity contribution in [1.82, 2.24) is 36.0 Å². The van der Waals surface area contributed by atoms with Gasteiger partial charge in [0.15, 0.2) is 0 Å². The average molecular weight is 1120 g/mol. The fraction of sp³-hybridized carbons (Fsp3) is 0.500. The average Bonchev–Trinajstić information content (AvgIpc) is 4.20. The predicted molar refractivity (Wildman–Crippen MR) is 300 cm³/mol. The van der Waals surface area contributed by atoms with E-state index in [-0.39, 0.29) is 80.7 Å². The molecule has 18 nitrogen and oxygen atoms in total. The lowest BCUT2D eigenvalue weighted by Gasteiger charge is -2.43. The van der Waals surface area contributed by atoms with E-state index in [4.69, 9.17) is 9.47 Å². The first-order valence-corrected chi connectivity index (χ1v) is 28.2. The summed E-state index contributed by atoms with van der Waals surface area (Å²) in [4.78, 5) is 92.9. The lowest BCUT2D eigenvalue weighted by Crippen LogP contribution is -2.62. The molecule has 7 atom stereocenters. The highest BCUT2D eigenvalue weighted by Gasteiger charge is 2.48. The summed E-state index contributed by atoms with van der Waals surface area (Å²) in [6, 6.07) is 17.5. The van der Waals surface area contributed by atoms with Crippen molar-refractivity contribution < 1.29 is 51.4 Å². The molecule has 21 heteroatoms. The van der Waals surface area contributed by atoms with Gasteiger partial charge in [0.25, 0.3) is 5.91 Å². The molecular weight excluding hydrogens is 1050 g/mol. The van der Waals surface area contributed by atoms with Gasteiger partial charge in [-0.1, -0.05) is 36.4 Å². The van der Waals surface area contributed by atoms with Crippen LogP contribution in [-0.2, 0) is 56.6 Å². The molecule has 5 heterocycles. The Hall–Kier alpha value is -6.75. The monoisotopic (exact) mass is 1120 g/mol. The van der Waals surface area contributed by atoms with Crippen molar-refractivity contribution in [1.29, 1.82) is 0 Å². The lowest BCUT2D eigenvalue weighted by atomic mass is 9.83. The molecule has 5 aliphatic heterocycles. The van der Waals surface area contributed by atoms with Gasteiger partial charge in [-0.3, -0.25) is 38.6 Å². The number of halogens is 3. The van der Waals surface area contributed by atoms with E-state index in [9.17, 15) is 41.9 Å². The molecule has 0 unspecified atom stereocenters. The smallest absolute Gasteiger partial charge is 0.252 e. The van der Waals surface area contributed by atoms with Crippen molar-refractivity contribution >= 4 is 52.5 Å². The van der Waals surface area contributed by atoms with Crippen LogP contribution in [0.1, 0.15) is 87.2 Å². The van der Waals surface area contributed by atoms with Gasteiger partial charge in [0.2, 0.25) is 29.5 Å². The number of para-hydroxylation sites is 1. The predicted octanol–water partition coefficient (Wildman–Crippen LogP) is 4.76. The number of amides is 6. The zero-order valence-corrected chi connectivity index (χ0v) is 46.8. The molecule has 6 N–H and O–H groups in total. The van der Waals surface area contributed by atoms with Crippen LogP contribution in [0.3, 0.4) is 0 Å². The second-order valence-corrected chi connectivity index (χ2v) is 22.5. The quantitative estimate of drug-likeness (QED) is 0.0704. The van der Waals surface area contributed by atoms with Gasteiger partial charge in [-0.15, -0.1) is 0 Å². The molecule has 0 aliphatic carbocycles. The van der Waals surface area contributed by atoms with Gasteiger partial charge >= 0.3 is 0 Å². The molecule has 0 saturated carbocycles. The number of benzene rings is 4. The Labute approximate surface area is 471 Å². The molecule has 6 amide bonds. The van der Waals surface area contributed by atoms with Crippen molar-refractivity contribution in [3.8, 4) is 0 Å². The Morgan fingerprint density at radius 3 is 2.33 bits per heavy atom. The minimum atomic E-state index is -1.42. The third-order valence-electron chi connectivity index (χ3n) is 16.7. The number of ether oxygens (including phenoxy) is 2. The summed E-state index contributed by atoms with van der Waals surface area (Å²) in [6.07, 6.45) is 1.63. The number of piperazine rings is 1. The summed E-state index contributed by atoms with van der Waals surface area (Å²) >= 11 is 0. The van der Waals surface area contributed by atoms with Gasteiger partial charge in [-0.05, 0) is 137 Å². The van der Waals surface area contributed by atoms with E-state index in [0.29, 0.717) is 80.3 Å². The van der Waals surface area contributed by atoms with Gasteiger partial charge < -0.3 is 51.2 Å². The van der Waals surface area contributed by atoms with Gasteiger partial charge in [0.05, 0.1) is 31.2 Å². The number of hydrogen-bond acceptors (Lipinski definition) is 12. The Morgan fingerprint density at radius 2 is 1.60 bits per heavy atom. The number of likely N-dealkylation sites (N-methyl/N-ethyl adjacent to an activating group) is 1. The van der Waals surface area contributed by atoms with Crippen molar-refractivity contribution in [2.45, 2.75) is 108 Å². The first-order chi connectivity index (χ1) is 38.9. The van der Waals surface area contributed by atoms with Crippen molar-refractivity contribution in [3.63, 3.8) is 0 Å². The summed E-state index contributed by atoms with van der Waals surface area (Å²) in [6.45, 7) is 13.1. The number of carbonyl (C=O) groups excluding carboxylic acids is 6. The molecule has 4 aromatic rings. The van der Waals surface area contributed by atoms with E-state index in [0.717, 1.165) is 49.0 Å². The highest BCUT2D eigenvalue weighted by Crippen LogP contribution is 2.43. The number of morpholine rings is 1. The van der Waals surface area contributed by atoms with Crippen molar-refractivity contribution in [3.05, 3.63) is 124 Å². The van der Waals surface area contributed by atoms with Gasteiger partial charge in [-0.2, -0.15) is 0 Å². The molecule has 0 radical (unpaired) electrons. The fourth-order valence-corrected chi connectivity index (χ4v) is 11.8. The second kappa shape index (κ2) is 26.0. The minimum absolute atomic E-state index is 0.0197. The van der Waals surface area contributed by atoms with Crippen molar-refractivity contribution in [2.24, 2.45) is 5.92 Å². The van der Waals surface area contributed by atoms with Crippen LogP contribution < -0.4 is 36.8 Å². The molecule has 81 heavy (non-hydrogen) atoms. The number of anilines is 3. The summed E-state index contributed by atoms with van der Waals surface area (Å²) in [5, 5.41) is 17.6. The summed E-state index contributed by atoms with van der Waals surface area (Å²) < 4.78 is 55.1. The number of carbonyl (C=O) groups is 6. The van der Waals surface area contributed by atoms with E-state index in [1.54, 1.807) is 49.2 Å². The Balaban J connectivity index is 0.879. The van der Waals surface area contributed by atoms with Crippen LogP contribution in [-0.4, -0.2) is 160 Å². The van der Waals surface area contributed by atoms with Crippen LogP contribution in [0.5, 0.6) is 0 Å². The second-order valence-electron chi connectivity index (χ2n) is 22.5. The van der Waals surface area contributed by atoms with Crippen LogP contribution >= 0.6 is 0 Å². The van der Waals surface area contributed by atoms with Gasteiger partial charge in [0.1, 0.15) is 35.2 Å². The van der Waals surface area contributed by atoms with Crippen LogP contribution in [0.15, 0.2) is 78.9 Å². The zero-order chi connectivity index (χ0) is 57.5. The highest BCUT2D eigenvalue weighted by atomic mass is 19.1. The molecule has 4 aromatic carbocycles. The maximum atomic E-state index is 15.0. The maximum Gasteiger partial charge on any atom is 0.252 e. The Bertz CT molecular complexity index is 2940. The third-order valence-corrected chi connectivity index (χ3v) is 16.7. The van der Waals surface area contributed by atoms with E-state index in [1.807, 2.05) is 25.1 Å². The van der Waals surface area contributed by atoms with Crippen LogP contribution in [0.4, 0.5) is 30.2 Å². The number of hydrogen-bond donors (Lipinski definition) is 6. The molecule has 3 fully saturated rings. The first kappa shape index (κ1) is 58.9. The Kier molecular flexibility index (Phi) is 18.9. The molecule has 0 bridgehead atoms. The van der Waals surface area contributed by atoms with E-state index < -0.39 is 64.5 Å². The first-order valence-electron chi connectivity index (χ1n) is 28.2. The van der Waals surface area contributed by atoms with E-state index in [1.165, 1.54) is 17.0 Å². The molecule has 434 valence electrons. The van der Waals surface area contributed by atoms with Crippen LogP contribution in [0.2, 0.25) is 0 Å². The summed E-state index contributed by atoms with van der Waals surface area (Å²) in [5.41, 5.74) is 2.44. The summed E-state index contributed by atoms with van der Waals surface area (Å²) in [7, 11) is 1.62. The molecule has 0 aromatic heterocycles. The maximum absolute atomic E-state index is 15.0. The molecule has 0 spiro atoms. The number of rotatable bonds is 19. The summed E-state index contributed by atoms with van der Waals surface area (Å²) in [5.74, 6) is -5.44. The SMILES string of the molecule is CN[C@@H](C)C(=O)N[C@H](C(=O)N1Cc2ccc(NC(=O)CCCNC(=O)[C@]3(C)CN(C(=O)CN4C[C@@H](C)NC[C@@H]4CN4CCOC[C@H]4C)c4cc(Cc5ccc(F)cc5)ccc43)cc2[C@H]1C(=O)Nc1c(F)cccc1F)C1CCOCC1. The van der Waals surface area contributed by atoms with Crippen molar-refractivity contribution in [2.75, 3.05) is 94.8 Å². The van der Waals surface area contributed by atoms with E-state index in [2.05, 4.69) is 55.5 Å². The fourth-order valence-electron chi connectivity index (χ4n) is 11.8. The van der Waals surface area contributed by atoms with Crippen LogP contribution in [0, 0.1) is 23.4 Å². The normalized spacial score (nSPS) is 23.0. The zero-order valence-electron chi connectivity index (χ0n) is 46.8. The molecule has 3 saturated heterocycles. The molecule has 5 aliphatic rings. The van der Waals surface area contributed by atoms with Gasteiger partial charge in [-0.25, -0.2) is 13.2 Å². The standard InChI is InChI=1S/C60H75F3N10O8/c1-36-30-71(45(29-66-36)32-70-22-25-81-34-37(70)2)33-52(75)73-35-60(4,47-18-13-40(27-50(47)73)26-39-11-15-43(61)16-12-39)59(79)65-21-7-10-51(74)67-44-17-14-42-31-72(55(46(42)28-44)57(77)69-54-48(62)8-6-9-49(54)63)58(78)53(41-19-23-80-24-20-41)68-56(76)38(3)64-5/h6,8-9,11-18,27-28,36-38,41,45,53,55,64,66H,7,10,19-26,29-35H2,1-5H3,(H,65,79)(H,67,74)(H,68,76)(H,69,77)/t36-,37-,38+,45-,53+,55+,60-/m1/s1. The van der Waals surface area contributed by atoms with Crippen LogP contribution in [0.25, 0.3) is 0 Å². The number of nitrogens with one attached hydrogen (secondary N) is 6. The Morgan fingerprint density at radius 1 is 0.864 bits per heavy atom. The minimum Gasteiger partial charge on any atom is -0.381 e. The molecule has 9 rings (SSSR count). The number of fused-ring (bicyclic) bond motifs is 2. The largest absolute Gasteiger partial charge is 0.381 e. The molecular formula is C60H75F3N10O8. The lowest BCUT2D eigenvalue weighted by molar-refractivity contribution is -0.144. The number of nitrogens with zero attached hydrogens (tertiary/aromatic N) is 4. The van der Waals surface area contributed by atoms with E-state index >= 15 is 0 Å². The third kappa shape index (κ3) is 13.6. The van der Waals surface area contributed by atoms with Gasteiger partial charge in [0, 0.05) is 94.9 Å². The topological polar surface area (TPSA) is 206 Å².